The molecule has 0 saturated carbocycles. The molecule has 1 amide bonds. The van der Waals surface area contributed by atoms with Gasteiger partial charge in [-0.15, -0.1) is 12.6 Å². The molecule has 0 saturated heterocycles. The maximum absolute atomic E-state index is 14.1. The van der Waals surface area contributed by atoms with Crippen LogP contribution in [-0.4, -0.2) is 46.6 Å². The lowest BCUT2D eigenvalue weighted by Gasteiger charge is -2.12. The average molecular weight is 441 g/mol. The zero-order valence-corrected chi connectivity index (χ0v) is 16.3. The van der Waals surface area contributed by atoms with Crippen LogP contribution in [0.1, 0.15) is 16.9 Å². The maximum atomic E-state index is 14.1. The van der Waals surface area contributed by atoms with Gasteiger partial charge in [-0.3, -0.25) is 4.79 Å². The summed E-state index contributed by atoms with van der Waals surface area (Å²) < 4.78 is 47.3. The zero-order valence-electron chi connectivity index (χ0n) is 15.4. The largest absolute Gasteiger partial charge is 0.485 e. The number of rotatable bonds is 9. The monoisotopic (exact) mass is 441 g/mol. The summed E-state index contributed by atoms with van der Waals surface area (Å²) in [4.78, 5) is 16.1. The number of ether oxygens (including phenoxy) is 1. The van der Waals surface area contributed by atoms with Crippen LogP contribution in [-0.2, 0) is 4.74 Å². The van der Waals surface area contributed by atoms with Crippen molar-refractivity contribution in [3.8, 4) is 11.3 Å². The molecule has 2 aromatic rings. The van der Waals surface area contributed by atoms with Crippen LogP contribution in [0, 0.1) is 22.9 Å². The van der Waals surface area contributed by atoms with Crippen molar-refractivity contribution in [2.24, 2.45) is 0 Å². The van der Waals surface area contributed by atoms with Crippen LogP contribution >= 0.6 is 12.6 Å². The van der Waals surface area contributed by atoms with Gasteiger partial charge >= 0.3 is 0 Å². The number of nitrogens with one attached hydrogen (secondary N) is 2. The standard InChI is InChI=1S/C19H18F3N3O4S/c20-11-2-1-3-12(21)16(11)17-13(22)4-5-14(24-17)18(28)25-15(8-23)19(30)29-7-6-10(27)9-26/h1-5,8,10,23,26-27,30H,6-7,9H2,(H,25,28)/b19-15+,23-8?. The van der Waals surface area contributed by atoms with Gasteiger partial charge < -0.3 is 25.7 Å². The third kappa shape index (κ3) is 5.81. The Bertz CT molecular complexity index is 952. The molecule has 1 aromatic heterocycles. The Morgan fingerprint density at radius 3 is 2.50 bits per heavy atom. The molecule has 2 rings (SSSR count). The van der Waals surface area contributed by atoms with Crippen molar-refractivity contribution in [1.82, 2.24) is 10.3 Å². The minimum absolute atomic E-state index is 0.0563. The van der Waals surface area contributed by atoms with Crippen molar-refractivity contribution in [3.63, 3.8) is 0 Å². The van der Waals surface area contributed by atoms with Crippen molar-refractivity contribution >= 4 is 24.8 Å². The molecule has 30 heavy (non-hydrogen) atoms. The van der Waals surface area contributed by atoms with Crippen LogP contribution in [0.2, 0.25) is 0 Å². The van der Waals surface area contributed by atoms with E-state index >= 15 is 0 Å². The van der Waals surface area contributed by atoms with Crippen molar-refractivity contribution in [2.45, 2.75) is 12.5 Å². The normalized spacial score (nSPS) is 12.7. The van der Waals surface area contributed by atoms with Gasteiger partial charge in [0.2, 0.25) is 0 Å². The number of hydrogen-bond acceptors (Lipinski definition) is 7. The van der Waals surface area contributed by atoms with Crippen LogP contribution < -0.4 is 5.32 Å². The molecule has 0 fully saturated rings. The van der Waals surface area contributed by atoms with Gasteiger partial charge in [0.25, 0.3) is 5.91 Å². The Kier molecular flexibility index (Phi) is 8.39. The zero-order chi connectivity index (χ0) is 22.3. The first-order valence-electron chi connectivity index (χ1n) is 8.56. The van der Waals surface area contributed by atoms with E-state index in [1.807, 2.05) is 0 Å². The fourth-order valence-electron chi connectivity index (χ4n) is 2.27. The first-order valence-corrected chi connectivity index (χ1v) is 9.00. The van der Waals surface area contributed by atoms with Crippen LogP contribution in [0.25, 0.3) is 11.3 Å². The molecular formula is C19H18F3N3O4S. The molecule has 0 aliphatic carbocycles. The van der Waals surface area contributed by atoms with Gasteiger partial charge in [-0.05, 0) is 24.3 Å². The quantitative estimate of drug-likeness (QED) is 0.233. The number of thiol groups is 1. The number of amides is 1. The highest BCUT2D eigenvalue weighted by Gasteiger charge is 2.20. The first kappa shape index (κ1) is 23.4. The molecule has 1 aromatic carbocycles. The second-order valence-electron chi connectivity index (χ2n) is 5.91. The van der Waals surface area contributed by atoms with Crippen LogP contribution in [0.3, 0.4) is 0 Å². The smallest absolute Gasteiger partial charge is 0.274 e. The Morgan fingerprint density at radius 2 is 1.90 bits per heavy atom. The first-order chi connectivity index (χ1) is 14.3. The maximum Gasteiger partial charge on any atom is 0.274 e. The molecule has 11 heteroatoms. The molecule has 0 aliphatic heterocycles. The van der Waals surface area contributed by atoms with Gasteiger partial charge in [0.1, 0.15) is 34.5 Å². The van der Waals surface area contributed by atoms with Crippen molar-refractivity contribution in [1.29, 1.82) is 5.41 Å². The van der Waals surface area contributed by atoms with E-state index < -0.39 is 47.3 Å². The number of aliphatic hydroxyl groups excluding tert-OH is 2. The molecule has 0 spiro atoms. The molecule has 1 atom stereocenters. The Morgan fingerprint density at radius 1 is 1.23 bits per heavy atom. The van der Waals surface area contributed by atoms with E-state index in [-0.39, 0.29) is 29.5 Å². The lowest BCUT2D eigenvalue weighted by molar-refractivity contribution is 0.0674. The van der Waals surface area contributed by atoms with Gasteiger partial charge in [0.05, 0.1) is 24.9 Å². The van der Waals surface area contributed by atoms with Gasteiger partial charge in [0, 0.05) is 12.6 Å². The predicted molar refractivity (Wildman–Crippen MR) is 105 cm³/mol. The minimum Gasteiger partial charge on any atom is -0.485 e. The Hall–Kier alpha value is -2.89. The summed E-state index contributed by atoms with van der Waals surface area (Å²) in [7, 11) is 0. The van der Waals surface area contributed by atoms with E-state index in [0.29, 0.717) is 0 Å². The summed E-state index contributed by atoms with van der Waals surface area (Å²) in [5, 5.41) is 27.5. The second-order valence-corrected chi connectivity index (χ2v) is 6.32. The predicted octanol–water partition coefficient (Wildman–Crippen LogP) is 2.40. The molecule has 0 bridgehead atoms. The summed E-state index contributed by atoms with van der Waals surface area (Å²) in [6.45, 7) is -0.510. The molecule has 0 radical (unpaired) electrons. The van der Waals surface area contributed by atoms with Gasteiger partial charge in [0.15, 0.2) is 5.09 Å². The highest BCUT2D eigenvalue weighted by molar-refractivity contribution is 7.84. The van der Waals surface area contributed by atoms with Gasteiger partial charge in [-0.2, -0.15) is 0 Å². The lowest BCUT2D eigenvalue weighted by atomic mass is 10.1. The summed E-state index contributed by atoms with van der Waals surface area (Å²) in [5.74, 6) is -4.03. The highest BCUT2D eigenvalue weighted by Crippen LogP contribution is 2.27. The molecule has 4 N–H and O–H groups in total. The number of halogens is 3. The van der Waals surface area contributed by atoms with Crippen molar-refractivity contribution < 1.29 is 32.9 Å². The molecule has 1 unspecified atom stereocenters. The van der Waals surface area contributed by atoms with E-state index in [1.165, 1.54) is 0 Å². The molecule has 7 nitrogen and oxygen atoms in total. The number of pyridine rings is 1. The Labute approximate surface area is 175 Å². The van der Waals surface area contributed by atoms with E-state index in [2.05, 4.69) is 22.9 Å². The number of carbonyl (C=O) groups is 1. The van der Waals surface area contributed by atoms with E-state index in [0.717, 1.165) is 36.5 Å². The lowest BCUT2D eigenvalue weighted by Crippen LogP contribution is -2.26. The SMILES string of the molecule is N=C/C(NC(=O)c1ccc(F)c(-c2c(F)cccc2F)n1)=C(\S)OCCC(O)CO. The number of benzene rings is 1. The molecule has 1 heterocycles. The third-order valence-corrected chi connectivity index (χ3v) is 4.17. The Balaban J connectivity index is 2.24. The number of aromatic nitrogens is 1. The third-order valence-electron chi connectivity index (χ3n) is 3.80. The summed E-state index contributed by atoms with van der Waals surface area (Å²) in [6.07, 6.45) is -0.189. The number of allylic oxidation sites excluding steroid dienone is 1. The van der Waals surface area contributed by atoms with E-state index in [4.69, 9.17) is 15.3 Å². The number of carbonyl (C=O) groups excluding carboxylic acids is 1. The van der Waals surface area contributed by atoms with Crippen LogP contribution in [0.4, 0.5) is 13.2 Å². The fourth-order valence-corrected chi connectivity index (χ4v) is 2.48. The fraction of sp³-hybridized carbons (Fsp3) is 0.211. The summed E-state index contributed by atoms with van der Waals surface area (Å²) >= 11 is 4.01. The average Bonchev–Trinajstić information content (AvgIpc) is 2.72. The summed E-state index contributed by atoms with van der Waals surface area (Å²) in [5.41, 5.74) is -1.94. The van der Waals surface area contributed by atoms with E-state index in [9.17, 15) is 23.1 Å². The minimum atomic E-state index is -1.05. The van der Waals surface area contributed by atoms with Gasteiger partial charge in [-0.25, -0.2) is 18.2 Å². The molecule has 160 valence electrons. The number of aliphatic hydroxyl groups is 2. The highest BCUT2D eigenvalue weighted by atomic mass is 32.1. The number of hydrogen-bond donors (Lipinski definition) is 5. The topological polar surface area (TPSA) is 116 Å². The number of nitrogens with zero attached hydrogens (tertiary/aromatic N) is 1. The van der Waals surface area contributed by atoms with Crippen LogP contribution in [0.15, 0.2) is 41.1 Å². The van der Waals surface area contributed by atoms with Crippen molar-refractivity contribution in [3.05, 3.63) is 64.3 Å². The molecule has 0 aliphatic rings. The van der Waals surface area contributed by atoms with Gasteiger partial charge in [-0.1, -0.05) is 6.07 Å². The van der Waals surface area contributed by atoms with Crippen molar-refractivity contribution in [2.75, 3.05) is 13.2 Å². The molecular weight excluding hydrogens is 423 g/mol. The summed E-state index contributed by atoms with van der Waals surface area (Å²) in [6, 6.07) is 4.81. The van der Waals surface area contributed by atoms with E-state index in [1.54, 1.807) is 0 Å². The van der Waals surface area contributed by atoms with Crippen LogP contribution in [0.5, 0.6) is 0 Å². The second kappa shape index (κ2) is 10.8.